The molecule has 0 saturated carbocycles. The van der Waals surface area contributed by atoms with Crippen LogP contribution < -0.4 is 4.74 Å². The van der Waals surface area contributed by atoms with Crippen molar-refractivity contribution in [2.24, 2.45) is 0 Å². The highest BCUT2D eigenvalue weighted by atomic mass is 31.1. The van der Waals surface area contributed by atoms with Crippen molar-refractivity contribution in [1.82, 2.24) is 0 Å². The van der Waals surface area contributed by atoms with Crippen LogP contribution in [0.15, 0.2) is 24.3 Å². The van der Waals surface area contributed by atoms with Gasteiger partial charge in [0, 0.05) is 5.56 Å². The average molecular weight is 260 g/mol. The molecule has 96 valence electrons. The molecule has 0 heterocycles. The lowest BCUT2D eigenvalue weighted by Gasteiger charge is -2.14. The molecule has 1 rings (SSSR count). The quantitative estimate of drug-likeness (QED) is 0.606. The summed E-state index contributed by atoms with van der Waals surface area (Å²) in [6.45, 7) is 3.99. The third-order valence-electron chi connectivity index (χ3n) is 2.29. The van der Waals surface area contributed by atoms with Gasteiger partial charge >= 0.3 is 8.25 Å². The van der Waals surface area contributed by atoms with Gasteiger partial charge in [-0.3, -0.25) is 9.09 Å². The number of aliphatic hydroxyl groups is 1. The molecule has 0 aromatic heterocycles. The molecular weight excluding hydrogens is 243 g/mol. The molecule has 0 aliphatic carbocycles. The fraction of sp³-hybridized carbons (Fsp3) is 0.455. The Hall–Kier alpha value is -0.870. The summed E-state index contributed by atoms with van der Waals surface area (Å²) in [5.74, 6) is 0.687. The zero-order valence-corrected chi connectivity index (χ0v) is 10.8. The van der Waals surface area contributed by atoms with E-state index in [2.05, 4.69) is 4.52 Å². The van der Waals surface area contributed by atoms with Crippen LogP contribution in [0.4, 0.5) is 0 Å². The maximum Gasteiger partial charge on any atom is 0.319 e. The van der Waals surface area contributed by atoms with Crippen LogP contribution in [0.5, 0.6) is 5.75 Å². The zero-order chi connectivity index (χ0) is 12.8. The van der Waals surface area contributed by atoms with E-state index in [9.17, 15) is 9.67 Å². The summed E-state index contributed by atoms with van der Waals surface area (Å²) < 4.78 is 20.4. The molecule has 2 N–H and O–H groups in total. The van der Waals surface area contributed by atoms with Gasteiger partial charge in [0.05, 0.1) is 6.10 Å². The molecule has 6 heteroatoms. The first-order valence-electron chi connectivity index (χ1n) is 5.37. The maximum absolute atomic E-state index is 10.4. The zero-order valence-electron chi connectivity index (χ0n) is 9.79. The monoisotopic (exact) mass is 260 g/mol. The molecule has 0 saturated heterocycles. The van der Waals surface area contributed by atoms with Gasteiger partial charge in [0.25, 0.3) is 0 Å². The summed E-state index contributed by atoms with van der Waals surface area (Å²) in [5, 5.41) is 9.41. The van der Waals surface area contributed by atoms with Gasteiger partial charge in [-0.2, -0.15) is 0 Å². The minimum atomic E-state index is -3.14. The molecule has 0 amide bonds. The van der Waals surface area contributed by atoms with Gasteiger partial charge in [0.15, 0.2) is 6.29 Å². The Labute approximate surface area is 101 Å². The normalized spacial score (nSPS) is 16.2. The van der Waals surface area contributed by atoms with Crippen molar-refractivity contribution in [3.63, 3.8) is 0 Å². The lowest BCUT2D eigenvalue weighted by Crippen LogP contribution is -2.09. The fourth-order valence-electron chi connectivity index (χ4n) is 1.19. The molecule has 1 aromatic carbocycles. The Morgan fingerprint density at radius 3 is 2.41 bits per heavy atom. The molecule has 0 spiro atoms. The fourth-order valence-corrected chi connectivity index (χ4v) is 1.52. The molecule has 0 radical (unpaired) electrons. The molecule has 0 aliphatic heterocycles. The minimum Gasteiger partial charge on any atom is -0.491 e. The third-order valence-corrected chi connectivity index (χ3v) is 2.71. The van der Waals surface area contributed by atoms with Crippen LogP contribution in [-0.2, 0) is 9.09 Å². The predicted octanol–water partition coefficient (Wildman–Crippen LogP) is 2.25. The summed E-state index contributed by atoms with van der Waals surface area (Å²) in [4.78, 5) is 8.53. The Balaban J connectivity index is 2.64. The van der Waals surface area contributed by atoms with Crippen molar-refractivity contribution in [3.8, 4) is 5.75 Å². The van der Waals surface area contributed by atoms with Crippen LogP contribution in [-0.4, -0.2) is 16.1 Å². The van der Waals surface area contributed by atoms with Crippen LogP contribution in [0, 0.1) is 0 Å². The standard InChI is InChI=1S/C11H17O5P/c1-3-8(2)15-10-6-4-9(5-7-10)11(12)16-17(13)14/h4-8,11-12,17H,3H2,1-2H3,(H,13,14). The topological polar surface area (TPSA) is 76.0 Å². The lowest BCUT2D eigenvalue weighted by molar-refractivity contribution is -0.0207. The number of benzene rings is 1. The van der Waals surface area contributed by atoms with E-state index in [1.54, 1.807) is 24.3 Å². The van der Waals surface area contributed by atoms with E-state index in [0.717, 1.165) is 6.42 Å². The van der Waals surface area contributed by atoms with Crippen LogP contribution in [0.25, 0.3) is 0 Å². The van der Waals surface area contributed by atoms with E-state index in [0.29, 0.717) is 11.3 Å². The van der Waals surface area contributed by atoms with E-state index in [-0.39, 0.29) is 6.10 Å². The van der Waals surface area contributed by atoms with Gasteiger partial charge in [-0.05, 0) is 25.5 Å². The molecule has 0 bridgehead atoms. The second kappa shape index (κ2) is 6.77. The van der Waals surface area contributed by atoms with Gasteiger partial charge in [0.1, 0.15) is 5.75 Å². The van der Waals surface area contributed by atoms with E-state index in [4.69, 9.17) is 9.63 Å². The van der Waals surface area contributed by atoms with Crippen molar-refractivity contribution in [2.45, 2.75) is 32.7 Å². The molecule has 0 fully saturated rings. The van der Waals surface area contributed by atoms with Gasteiger partial charge < -0.3 is 14.7 Å². The van der Waals surface area contributed by atoms with Crippen molar-refractivity contribution >= 4 is 8.25 Å². The highest BCUT2D eigenvalue weighted by Crippen LogP contribution is 2.27. The Kier molecular flexibility index (Phi) is 5.65. The number of rotatable bonds is 6. The van der Waals surface area contributed by atoms with E-state index < -0.39 is 14.5 Å². The molecule has 1 aromatic rings. The number of aliphatic hydroxyl groups excluding tert-OH is 1. The second-order valence-corrected chi connectivity index (χ2v) is 4.41. The van der Waals surface area contributed by atoms with Crippen molar-refractivity contribution in [3.05, 3.63) is 29.8 Å². The van der Waals surface area contributed by atoms with Crippen molar-refractivity contribution in [1.29, 1.82) is 0 Å². The minimum absolute atomic E-state index is 0.121. The summed E-state index contributed by atoms with van der Waals surface area (Å²) in [7, 11) is -3.14. The first-order chi connectivity index (χ1) is 8.02. The van der Waals surface area contributed by atoms with E-state index in [1.807, 2.05) is 13.8 Å². The highest BCUT2D eigenvalue weighted by molar-refractivity contribution is 7.32. The van der Waals surface area contributed by atoms with Crippen LogP contribution >= 0.6 is 8.25 Å². The molecule has 3 atom stereocenters. The van der Waals surface area contributed by atoms with Gasteiger partial charge in [-0.15, -0.1) is 0 Å². The van der Waals surface area contributed by atoms with E-state index >= 15 is 0 Å². The van der Waals surface area contributed by atoms with Crippen molar-refractivity contribution in [2.75, 3.05) is 0 Å². The van der Waals surface area contributed by atoms with Crippen LogP contribution in [0.1, 0.15) is 32.1 Å². The third kappa shape index (κ3) is 4.88. The van der Waals surface area contributed by atoms with E-state index in [1.165, 1.54) is 0 Å². The van der Waals surface area contributed by atoms with Crippen LogP contribution in [0.3, 0.4) is 0 Å². The first kappa shape index (κ1) is 14.2. The SMILES string of the molecule is CCC(C)Oc1ccc(C(O)O[PH](=O)O)cc1. The largest absolute Gasteiger partial charge is 0.491 e. The summed E-state index contributed by atoms with van der Waals surface area (Å²) in [5.41, 5.74) is 0.411. The maximum atomic E-state index is 10.4. The number of ether oxygens (including phenoxy) is 1. The van der Waals surface area contributed by atoms with Crippen LogP contribution in [0.2, 0.25) is 0 Å². The lowest BCUT2D eigenvalue weighted by atomic mass is 10.2. The highest BCUT2D eigenvalue weighted by Gasteiger charge is 2.10. The Morgan fingerprint density at radius 1 is 1.35 bits per heavy atom. The van der Waals surface area contributed by atoms with Gasteiger partial charge in [-0.25, -0.2) is 0 Å². The van der Waals surface area contributed by atoms with Crippen molar-refractivity contribution < 1.29 is 23.8 Å². The predicted molar refractivity (Wildman–Crippen MR) is 64.1 cm³/mol. The second-order valence-electron chi connectivity index (χ2n) is 3.64. The van der Waals surface area contributed by atoms with Gasteiger partial charge in [-0.1, -0.05) is 19.1 Å². The van der Waals surface area contributed by atoms with Gasteiger partial charge in [0.2, 0.25) is 0 Å². The number of hydrogen-bond donors (Lipinski definition) is 2. The Bertz CT molecular complexity index is 365. The summed E-state index contributed by atoms with van der Waals surface area (Å²) >= 11 is 0. The molecule has 3 unspecified atom stereocenters. The summed E-state index contributed by atoms with van der Waals surface area (Å²) in [6.07, 6.45) is -0.361. The number of hydrogen-bond acceptors (Lipinski definition) is 4. The Morgan fingerprint density at radius 2 is 1.94 bits per heavy atom. The molecule has 0 aliphatic rings. The molecular formula is C11H17O5P. The molecule has 5 nitrogen and oxygen atoms in total. The summed E-state index contributed by atoms with van der Waals surface area (Å²) in [6, 6.07) is 6.55. The molecule has 17 heavy (non-hydrogen) atoms. The smallest absolute Gasteiger partial charge is 0.319 e. The average Bonchev–Trinajstić information content (AvgIpc) is 2.28. The first-order valence-corrected chi connectivity index (χ1v) is 6.63.